The number of hydrogen-bond donors (Lipinski definition) is 1. The number of hydrogen-bond acceptors (Lipinski definition) is 3. The average molecular weight is 407 g/mol. The van der Waals surface area contributed by atoms with E-state index >= 15 is 0 Å². The first-order chi connectivity index (χ1) is 14.2. The summed E-state index contributed by atoms with van der Waals surface area (Å²) < 4.78 is 2.09. The molecule has 4 nitrogen and oxygen atoms in total. The molecule has 0 unspecified atom stereocenters. The van der Waals surface area contributed by atoms with Gasteiger partial charge >= 0.3 is 0 Å². The van der Waals surface area contributed by atoms with Crippen LogP contribution in [0.25, 0.3) is 5.69 Å². The van der Waals surface area contributed by atoms with Crippen LogP contribution in [0, 0.1) is 6.92 Å². The van der Waals surface area contributed by atoms with Crippen molar-refractivity contribution < 1.29 is 0 Å². The summed E-state index contributed by atoms with van der Waals surface area (Å²) in [5, 5.41) is 9.43. The van der Waals surface area contributed by atoms with Crippen LogP contribution in [0.15, 0.2) is 48.5 Å². The zero-order valence-corrected chi connectivity index (χ0v) is 17.6. The Morgan fingerprint density at radius 1 is 1.10 bits per heavy atom. The molecule has 0 amide bonds. The quantitative estimate of drug-likeness (QED) is 0.647. The zero-order valence-electron chi connectivity index (χ0n) is 16.9. The first-order valence-corrected chi connectivity index (χ1v) is 11.0. The van der Waals surface area contributed by atoms with Crippen LogP contribution >= 0.6 is 11.6 Å². The predicted octanol–water partition coefficient (Wildman–Crippen LogP) is 5.18. The van der Waals surface area contributed by atoms with Gasteiger partial charge in [0.25, 0.3) is 0 Å². The SMILES string of the molecule is Cc1ccc(Cl)cc1-n1nc(C2CCN(Cc3ccccc3)CC2)c2c1NCC2. The summed E-state index contributed by atoms with van der Waals surface area (Å²) in [5.41, 5.74) is 6.37. The van der Waals surface area contributed by atoms with Crippen LogP contribution in [0.3, 0.4) is 0 Å². The Bertz CT molecular complexity index is 1000. The second kappa shape index (κ2) is 7.85. The summed E-state index contributed by atoms with van der Waals surface area (Å²) >= 11 is 6.29. The van der Waals surface area contributed by atoms with Crippen LogP contribution in [-0.2, 0) is 13.0 Å². The van der Waals surface area contributed by atoms with E-state index in [-0.39, 0.29) is 0 Å². The van der Waals surface area contributed by atoms with Gasteiger partial charge in [-0.2, -0.15) is 5.10 Å². The molecule has 2 aromatic carbocycles. The second-order valence-electron chi connectivity index (χ2n) is 8.27. The molecule has 3 heterocycles. The molecule has 29 heavy (non-hydrogen) atoms. The lowest BCUT2D eigenvalue weighted by molar-refractivity contribution is 0.203. The van der Waals surface area contributed by atoms with Gasteiger partial charge < -0.3 is 5.32 Å². The van der Waals surface area contributed by atoms with Crippen molar-refractivity contribution in [2.45, 2.75) is 38.6 Å². The minimum atomic E-state index is 0.538. The van der Waals surface area contributed by atoms with Crippen LogP contribution in [-0.4, -0.2) is 34.3 Å². The highest BCUT2D eigenvalue weighted by atomic mass is 35.5. The highest BCUT2D eigenvalue weighted by Crippen LogP contribution is 2.37. The van der Waals surface area contributed by atoms with Gasteiger partial charge in [-0.1, -0.05) is 48.0 Å². The summed E-state index contributed by atoms with van der Waals surface area (Å²) in [6.45, 7) is 6.42. The Hall–Kier alpha value is -2.30. The molecule has 3 aromatic rings. The van der Waals surface area contributed by atoms with Gasteiger partial charge in [-0.05, 0) is 62.5 Å². The molecule has 1 aromatic heterocycles. The number of anilines is 1. The highest BCUT2D eigenvalue weighted by Gasteiger charge is 2.30. The Kier molecular flexibility index (Phi) is 5.06. The van der Waals surface area contributed by atoms with Crippen molar-refractivity contribution in [3.63, 3.8) is 0 Å². The fourth-order valence-corrected chi connectivity index (χ4v) is 4.89. The van der Waals surface area contributed by atoms with E-state index in [9.17, 15) is 0 Å². The van der Waals surface area contributed by atoms with Crippen molar-refractivity contribution in [2.24, 2.45) is 0 Å². The van der Waals surface area contributed by atoms with E-state index in [1.54, 1.807) is 0 Å². The molecule has 5 heteroatoms. The molecular formula is C24H27ClN4. The lowest BCUT2D eigenvalue weighted by Crippen LogP contribution is -2.32. The lowest BCUT2D eigenvalue weighted by Gasteiger charge is -2.31. The first-order valence-electron chi connectivity index (χ1n) is 10.6. The normalized spacial score (nSPS) is 17.3. The Morgan fingerprint density at radius 3 is 2.69 bits per heavy atom. The second-order valence-corrected chi connectivity index (χ2v) is 8.70. The van der Waals surface area contributed by atoms with Crippen molar-refractivity contribution >= 4 is 17.4 Å². The van der Waals surface area contributed by atoms with Crippen molar-refractivity contribution in [1.29, 1.82) is 0 Å². The molecule has 0 radical (unpaired) electrons. The fraction of sp³-hybridized carbons (Fsp3) is 0.375. The van der Waals surface area contributed by atoms with E-state index in [0.717, 1.165) is 49.1 Å². The molecule has 0 spiro atoms. The van der Waals surface area contributed by atoms with Gasteiger partial charge in [-0.3, -0.25) is 4.90 Å². The van der Waals surface area contributed by atoms with Gasteiger partial charge in [0.1, 0.15) is 5.82 Å². The largest absolute Gasteiger partial charge is 0.369 e. The number of nitrogens with one attached hydrogen (secondary N) is 1. The number of halogens is 1. The summed E-state index contributed by atoms with van der Waals surface area (Å²) in [5.74, 6) is 1.70. The Labute approximate surface area is 177 Å². The first kappa shape index (κ1) is 18.7. The van der Waals surface area contributed by atoms with E-state index in [1.807, 2.05) is 12.1 Å². The molecular weight excluding hydrogens is 380 g/mol. The number of fused-ring (bicyclic) bond motifs is 1. The van der Waals surface area contributed by atoms with E-state index in [4.69, 9.17) is 16.7 Å². The van der Waals surface area contributed by atoms with Crippen LogP contribution < -0.4 is 5.32 Å². The molecule has 0 aliphatic carbocycles. The fourth-order valence-electron chi connectivity index (χ4n) is 4.72. The van der Waals surface area contributed by atoms with Crippen molar-refractivity contribution in [1.82, 2.24) is 14.7 Å². The minimum Gasteiger partial charge on any atom is -0.369 e. The Morgan fingerprint density at radius 2 is 1.90 bits per heavy atom. The summed E-state index contributed by atoms with van der Waals surface area (Å²) in [7, 11) is 0. The van der Waals surface area contributed by atoms with Crippen LogP contribution in [0.2, 0.25) is 5.02 Å². The van der Waals surface area contributed by atoms with Gasteiger partial charge in [0.15, 0.2) is 0 Å². The number of likely N-dealkylation sites (tertiary alicyclic amines) is 1. The molecule has 0 saturated carbocycles. The van der Waals surface area contributed by atoms with Crippen molar-refractivity contribution in [2.75, 3.05) is 25.0 Å². The maximum absolute atomic E-state index is 6.29. The van der Waals surface area contributed by atoms with Gasteiger partial charge in [-0.15, -0.1) is 0 Å². The van der Waals surface area contributed by atoms with E-state index in [1.165, 1.54) is 35.2 Å². The van der Waals surface area contributed by atoms with E-state index in [2.05, 4.69) is 58.2 Å². The average Bonchev–Trinajstić information content (AvgIpc) is 3.34. The molecule has 1 saturated heterocycles. The molecule has 0 bridgehead atoms. The number of aromatic nitrogens is 2. The number of piperidine rings is 1. The minimum absolute atomic E-state index is 0.538. The number of rotatable bonds is 4. The zero-order chi connectivity index (χ0) is 19.8. The topological polar surface area (TPSA) is 33.1 Å². The van der Waals surface area contributed by atoms with Crippen LogP contribution in [0.4, 0.5) is 5.82 Å². The van der Waals surface area contributed by atoms with E-state index < -0.39 is 0 Å². The summed E-state index contributed by atoms with van der Waals surface area (Å²) in [6.07, 6.45) is 3.41. The third kappa shape index (κ3) is 3.67. The lowest BCUT2D eigenvalue weighted by atomic mass is 9.90. The monoisotopic (exact) mass is 406 g/mol. The smallest absolute Gasteiger partial charge is 0.133 e. The van der Waals surface area contributed by atoms with Crippen molar-refractivity contribution in [3.8, 4) is 5.69 Å². The number of nitrogens with zero attached hydrogens (tertiary/aromatic N) is 3. The maximum Gasteiger partial charge on any atom is 0.133 e. The van der Waals surface area contributed by atoms with Crippen LogP contribution in [0.1, 0.15) is 41.1 Å². The highest BCUT2D eigenvalue weighted by molar-refractivity contribution is 6.30. The molecule has 0 atom stereocenters. The van der Waals surface area contributed by atoms with E-state index in [0.29, 0.717) is 5.92 Å². The Balaban J connectivity index is 1.37. The molecule has 2 aliphatic heterocycles. The van der Waals surface area contributed by atoms with Gasteiger partial charge in [0.05, 0.1) is 11.4 Å². The summed E-state index contributed by atoms with van der Waals surface area (Å²) in [6, 6.07) is 16.8. The molecule has 1 fully saturated rings. The van der Waals surface area contributed by atoms with Crippen molar-refractivity contribution in [3.05, 3.63) is 75.9 Å². The number of benzene rings is 2. The molecule has 5 rings (SSSR count). The van der Waals surface area contributed by atoms with Gasteiger partial charge in [-0.25, -0.2) is 4.68 Å². The van der Waals surface area contributed by atoms with Crippen LogP contribution in [0.5, 0.6) is 0 Å². The maximum atomic E-state index is 6.29. The molecule has 2 aliphatic rings. The standard InChI is InChI=1S/C24H27ClN4/c1-17-7-8-20(25)15-22(17)29-24-21(9-12-26-24)23(27-29)19-10-13-28(14-11-19)16-18-5-3-2-4-6-18/h2-8,15,19,26H,9-14,16H2,1H3. The predicted molar refractivity (Wildman–Crippen MR) is 119 cm³/mol. The molecule has 1 N–H and O–H groups in total. The van der Waals surface area contributed by atoms with Gasteiger partial charge in [0, 0.05) is 29.6 Å². The third-order valence-corrected chi connectivity index (χ3v) is 6.54. The third-order valence-electron chi connectivity index (χ3n) is 6.30. The number of aryl methyl sites for hydroxylation is 1. The van der Waals surface area contributed by atoms with Gasteiger partial charge in [0.2, 0.25) is 0 Å². The summed E-state index contributed by atoms with van der Waals surface area (Å²) in [4.78, 5) is 2.57. The molecule has 150 valence electrons.